The number of carbonyl (C=O) groups excluding carboxylic acids is 1. The predicted molar refractivity (Wildman–Crippen MR) is 108 cm³/mol. The SMILES string of the molecule is COc1ccccc1OCCOc1ccc([C@@H]2CC(=O)Nc3ncnn32)cc1OC. The smallest absolute Gasteiger partial charge is 0.229 e. The summed E-state index contributed by atoms with van der Waals surface area (Å²) >= 11 is 0. The van der Waals surface area contributed by atoms with Crippen molar-refractivity contribution < 1.29 is 23.7 Å². The molecular formula is C21H22N4O5. The molecule has 0 bridgehead atoms. The number of fused-ring (bicyclic) bond motifs is 1. The second-order valence-corrected chi connectivity index (χ2v) is 6.55. The van der Waals surface area contributed by atoms with Crippen molar-refractivity contribution in [3.8, 4) is 23.0 Å². The highest BCUT2D eigenvalue weighted by Gasteiger charge is 2.28. The lowest BCUT2D eigenvalue weighted by atomic mass is 10.0. The van der Waals surface area contributed by atoms with Gasteiger partial charge >= 0.3 is 0 Å². The summed E-state index contributed by atoms with van der Waals surface area (Å²) in [6.45, 7) is 0.670. The molecule has 0 unspecified atom stereocenters. The number of amides is 1. The van der Waals surface area contributed by atoms with Crippen molar-refractivity contribution >= 4 is 11.9 Å². The summed E-state index contributed by atoms with van der Waals surface area (Å²) in [5, 5.41) is 6.93. The molecule has 1 aromatic heterocycles. The zero-order chi connectivity index (χ0) is 20.9. The summed E-state index contributed by atoms with van der Waals surface area (Å²) in [7, 11) is 3.18. The molecule has 2 heterocycles. The molecule has 1 amide bonds. The molecule has 0 saturated carbocycles. The number of methoxy groups -OCH3 is 2. The largest absolute Gasteiger partial charge is 0.493 e. The molecule has 0 spiro atoms. The average molecular weight is 410 g/mol. The Kier molecular flexibility index (Phi) is 5.69. The minimum atomic E-state index is -0.256. The van der Waals surface area contributed by atoms with E-state index in [4.69, 9.17) is 18.9 Å². The van der Waals surface area contributed by atoms with Crippen LogP contribution in [0.4, 0.5) is 5.95 Å². The van der Waals surface area contributed by atoms with Crippen molar-refractivity contribution in [2.45, 2.75) is 12.5 Å². The van der Waals surface area contributed by atoms with Crippen molar-refractivity contribution in [3.63, 3.8) is 0 Å². The van der Waals surface area contributed by atoms with Gasteiger partial charge in [-0.25, -0.2) is 4.68 Å². The first-order valence-corrected chi connectivity index (χ1v) is 9.45. The monoisotopic (exact) mass is 410 g/mol. The summed E-state index contributed by atoms with van der Waals surface area (Å²) in [5.41, 5.74) is 0.881. The molecule has 30 heavy (non-hydrogen) atoms. The van der Waals surface area contributed by atoms with Gasteiger partial charge in [-0.1, -0.05) is 18.2 Å². The molecule has 0 saturated heterocycles. The number of ether oxygens (including phenoxy) is 4. The van der Waals surface area contributed by atoms with Gasteiger partial charge in [0.1, 0.15) is 19.5 Å². The maximum Gasteiger partial charge on any atom is 0.229 e. The highest BCUT2D eigenvalue weighted by atomic mass is 16.5. The lowest BCUT2D eigenvalue weighted by molar-refractivity contribution is -0.117. The van der Waals surface area contributed by atoms with E-state index in [0.29, 0.717) is 42.2 Å². The van der Waals surface area contributed by atoms with Crippen LogP contribution < -0.4 is 24.3 Å². The molecule has 1 atom stereocenters. The van der Waals surface area contributed by atoms with Crippen LogP contribution >= 0.6 is 0 Å². The molecule has 1 aliphatic heterocycles. The van der Waals surface area contributed by atoms with Crippen LogP contribution in [0.1, 0.15) is 18.0 Å². The van der Waals surface area contributed by atoms with Crippen molar-refractivity contribution in [3.05, 3.63) is 54.4 Å². The summed E-state index contributed by atoms with van der Waals surface area (Å²) in [6, 6.07) is 12.8. The molecule has 3 aromatic rings. The number of hydrogen-bond donors (Lipinski definition) is 1. The normalized spacial score (nSPS) is 15.1. The van der Waals surface area contributed by atoms with Crippen LogP contribution in [-0.2, 0) is 4.79 Å². The number of anilines is 1. The van der Waals surface area contributed by atoms with Gasteiger partial charge in [0.25, 0.3) is 0 Å². The van der Waals surface area contributed by atoms with Gasteiger partial charge in [-0.05, 0) is 29.8 Å². The lowest BCUT2D eigenvalue weighted by Gasteiger charge is -2.24. The van der Waals surface area contributed by atoms with Crippen LogP contribution in [0.2, 0.25) is 0 Å². The third-order valence-corrected chi connectivity index (χ3v) is 4.74. The van der Waals surface area contributed by atoms with Gasteiger partial charge in [0.15, 0.2) is 23.0 Å². The van der Waals surface area contributed by atoms with Crippen LogP contribution in [0, 0.1) is 0 Å². The van der Waals surface area contributed by atoms with E-state index in [9.17, 15) is 4.79 Å². The van der Waals surface area contributed by atoms with Crippen LogP contribution in [0.5, 0.6) is 23.0 Å². The van der Waals surface area contributed by atoms with E-state index in [2.05, 4.69) is 15.4 Å². The Bertz CT molecular complexity index is 1040. The van der Waals surface area contributed by atoms with Gasteiger partial charge in [-0.3, -0.25) is 10.1 Å². The zero-order valence-corrected chi connectivity index (χ0v) is 16.7. The third-order valence-electron chi connectivity index (χ3n) is 4.74. The Balaban J connectivity index is 1.43. The Labute approximate surface area is 173 Å². The minimum Gasteiger partial charge on any atom is -0.493 e. The van der Waals surface area contributed by atoms with E-state index in [1.165, 1.54) is 6.33 Å². The number of aromatic nitrogens is 3. The van der Waals surface area contributed by atoms with Crippen LogP contribution in [-0.4, -0.2) is 48.1 Å². The second kappa shape index (κ2) is 8.73. The van der Waals surface area contributed by atoms with Crippen molar-refractivity contribution in [1.29, 1.82) is 0 Å². The standard InChI is InChI=1S/C21H22N4O5/c1-27-16-5-3-4-6-17(16)29-9-10-30-18-8-7-14(11-19(18)28-2)15-12-20(26)24-21-22-13-23-25(15)21/h3-8,11,13,15H,9-10,12H2,1-2H3,(H,22,23,24,26)/t15-/m0/s1. The van der Waals surface area contributed by atoms with Gasteiger partial charge in [0, 0.05) is 0 Å². The Morgan fingerprint density at radius 3 is 2.43 bits per heavy atom. The molecule has 0 radical (unpaired) electrons. The summed E-state index contributed by atoms with van der Waals surface area (Å²) in [6.07, 6.45) is 1.69. The van der Waals surface area contributed by atoms with E-state index in [1.54, 1.807) is 18.9 Å². The quantitative estimate of drug-likeness (QED) is 0.570. The molecule has 0 fully saturated rings. The van der Waals surface area contributed by atoms with E-state index < -0.39 is 0 Å². The van der Waals surface area contributed by atoms with E-state index >= 15 is 0 Å². The zero-order valence-electron chi connectivity index (χ0n) is 16.7. The summed E-state index contributed by atoms with van der Waals surface area (Å²) < 4.78 is 24.0. The molecule has 0 aliphatic carbocycles. The van der Waals surface area contributed by atoms with Crippen molar-refractivity contribution in [1.82, 2.24) is 14.8 Å². The van der Waals surface area contributed by atoms with E-state index in [-0.39, 0.29) is 18.4 Å². The minimum absolute atomic E-state index is 0.103. The number of para-hydroxylation sites is 2. The maximum absolute atomic E-state index is 12.0. The Morgan fingerprint density at radius 1 is 1.00 bits per heavy atom. The number of benzene rings is 2. The summed E-state index contributed by atoms with van der Waals surface area (Å²) in [4.78, 5) is 16.1. The number of rotatable bonds is 8. The molecule has 2 aromatic carbocycles. The molecule has 1 aliphatic rings. The molecule has 9 heteroatoms. The third kappa shape index (κ3) is 4.00. The molecular weight excluding hydrogens is 388 g/mol. The second-order valence-electron chi connectivity index (χ2n) is 6.55. The molecule has 4 rings (SSSR count). The Hall–Kier alpha value is -3.75. The Morgan fingerprint density at radius 2 is 1.70 bits per heavy atom. The fraction of sp³-hybridized carbons (Fsp3) is 0.286. The molecule has 156 valence electrons. The van der Waals surface area contributed by atoms with Crippen LogP contribution in [0.15, 0.2) is 48.8 Å². The number of nitrogens with one attached hydrogen (secondary N) is 1. The van der Waals surface area contributed by atoms with Crippen LogP contribution in [0.3, 0.4) is 0 Å². The first-order valence-electron chi connectivity index (χ1n) is 9.45. The molecule has 1 N–H and O–H groups in total. The molecule has 9 nitrogen and oxygen atoms in total. The first kappa shape index (κ1) is 19.6. The van der Waals surface area contributed by atoms with Gasteiger partial charge in [0.2, 0.25) is 11.9 Å². The maximum atomic E-state index is 12.0. The highest BCUT2D eigenvalue weighted by Crippen LogP contribution is 2.35. The number of nitrogens with zero attached hydrogens (tertiary/aromatic N) is 3. The number of carbonyl (C=O) groups is 1. The first-order chi connectivity index (χ1) is 14.7. The van der Waals surface area contributed by atoms with E-state index in [0.717, 1.165) is 5.56 Å². The van der Waals surface area contributed by atoms with Crippen molar-refractivity contribution in [2.75, 3.05) is 32.8 Å². The van der Waals surface area contributed by atoms with Gasteiger partial charge in [-0.15, -0.1) is 0 Å². The van der Waals surface area contributed by atoms with Crippen molar-refractivity contribution in [2.24, 2.45) is 0 Å². The van der Waals surface area contributed by atoms with Gasteiger partial charge in [0.05, 0.1) is 26.7 Å². The van der Waals surface area contributed by atoms with Gasteiger partial charge < -0.3 is 18.9 Å². The topological polar surface area (TPSA) is 96.7 Å². The number of hydrogen-bond acceptors (Lipinski definition) is 7. The van der Waals surface area contributed by atoms with E-state index in [1.807, 2.05) is 42.5 Å². The summed E-state index contributed by atoms with van der Waals surface area (Å²) in [5.74, 6) is 2.81. The highest BCUT2D eigenvalue weighted by molar-refractivity contribution is 5.91. The van der Waals surface area contributed by atoms with Crippen LogP contribution in [0.25, 0.3) is 0 Å². The fourth-order valence-corrected chi connectivity index (χ4v) is 3.32. The predicted octanol–water partition coefficient (Wildman–Crippen LogP) is 2.68. The average Bonchev–Trinajstić information content (AvgIpc) is 3.24. The van der Waals surface area contributed by atoms with Gasteiger partial charge in [-0.2, -0.15) is 10.1 Å². The lowest BCUT2D eigenvalue weighted by Crippen LogP contribution is -2.29. The fourth-order valence-electron chi connectivity index (χ4n) is 3.32.